The van der Waals surface area contributed by atoms with Crippen LogP contribution in [0.2, 0.25) is 0 Å². The summed E-state index contributed by atoms with van der Waals surface area (Å²) < 4.78 is 0. The summed E-state index contributed by atoms with van der Waals surface area (Å²) in [6, 6.07) is 8.93. The van der Waals surface area contributed by atoms with Crippen molar-refractivity contribution in [3.8, 4) is 0 Å². The standard InChI is InChI=1S/C17H24N2S/c1-17(14-6-7-14)12-19(9-8-18-17)11-15-10-13-4-2-3-5-16(13)20-15/h2-5,14-15,18H,6-12H2,1H3. The van der Waals surface area contributed by atoms with Crippen LogP contribution in [0.15, 0.2) is 29.2 Å². The largest absolute Gasteiger partial charge is 0.309 e. The zero-order valence-corrected chi connectivity index (χ0v) is 13.1. The van der Waals surface area contributed by atoms with Gasteiger partial charge in [-0.05, 0) is 43.7 Å². The SMILES string of the molecule is CC1(C2CC2)CN(CC2Cc3ccccc3S2)CCN1. The minimum Gasteiger partial charge on any atom is -0.309 e. The van der Waals surface area contributed by atoms with Gasteiger partial charge in [-0.2, -0.15) is 0 Å². The maximum absolute atomic E-state index is 3.78. The highest BCUT2D eigenvalue weighted by atomic mass is 32.2. The highest BCUT2D eigenvalue weighted by Crippen LogP contribution is 2.41. The van der Waals surface area contributed by atoms with Crippen LogP contribution >= 0.6 is 11.8 Å². The first-order chi connectivity index (χ1) is 9.73. The average molecular weight is 288 g/mol. The third-order valence-electron chi connectivity index (χ3n) is 5.16. The fraction of sp³-hybridized carbons (Fsp3) is 0.647. The molecule has 1 N–H and O–H groups in total. The second kappa shape index (κ2) is 5.04. The zero-order valence-electron chi connectivity index (χ0n) is 12.3. The van der Waals surface area contributed by atoms with Crippen LogP contribution in [0.1, 0.15) is 25.3 Å². The Morgan fingerprint density at radius 2 is 2.20 bits per heavy atom. The molecule has 3 heteroatoms. The van der Waals surface area contributed by atoms with E-state index in [0.717, 1.165) is 17.7 Å². The monoisotopic (exact) mass is 288 g/mol. The molecular weight excluding hydrogens is 264 g/mol. The van der Waals surface area contributed by atoms with E-state index in [0.29, 0.717) is 5.54 Å². The van der Waals surface area contributed by atoms with Crippen LogP contribution in [-0.4, -0.2) is 41.9 Å². The van der Waals surface area contributed by atoms with Crippen molar-refractivity contribution in [1.29, 1.82) is 0 Å². The van der Waals surface area contributed by atoms with Crippen molar-refractivity contribution >= 4 is 11.8 Å². The number of fused-ring (bicyclic) bond motifs is 1. The molecule has 1 saturated carbocycles. The molecule has 1 aromatic carbocycles. The number of piperazine rings is 1. The normalized spacial score (nSPS) is 34.1. The van der Waals surface area contributed by atoms with Crippen LogP contribution in [-0.2, 0) is 6.42 Å². The van der Waals surface area contributed by atoms with Gasteiger partial charge in [-0.15, -0.1) is 11.8 Å². The van der Waals surface area contributed by atoms with Gasteiger partial charge >= 0.3 is 0 Å². The lowest BCUT2D eigenvalue weighted by Gasteiger charge is -2.42. The lowest BCUT2D eigenvalue weighted by atomic mass is 9.93. The van der Waals surface area contributed by atoms with Gasteiger partial charge in [-0.1, -0.05) is 18.2 Å². The van der Waals surface area contributed by atoms with Gasteiger partial charge < -0.3 is 5.32 Å². The highest BCUT2D eigenvalue weighted by molar-refractivity contribution is 8.00. The fourth-order valence-electron chi connectivity index (χ4n) is 3.89. The summed E-state index contributed by atoms with van der Waals surface area (Å²) in [6.45, 7) is 7.31. The molecule has 4 rings (SSSR count). The third kappa shape index (κ3) is 2.51. The maximum Gasteiger partial charge on any atom is 0.0309 e. The molecule has 0 radical (unpaired) electrons. The molecule has 0 bridgehead atoms. The van der Waals surface area contributed by atoms with Crippen LogP contribution in [0.4, 0.5) is 0 Å². The quantitative estimate of drug-likeness (QED) is 0.921. The smallest absolute Gasteiger partial charge is 0.0309 e. The Balaban J connectivity index is 1.38. The molecule has 0 aromatic heterocycles. The molecule has 2 nitrogen and oxygen atoms in total. The van der Waals surface area contributed by atoms with Crippen molar-refractivity contribution in [2.24, 2.45) is 5.92 Å². The number of nitrogens with one attached hydrogen (secondary N) is 1. The highest BCUT2D eigenvalue weighted by Gasteiger charge is 2.44. The molecule has 0 spiro atoms. The second-order valence-corrected chi connectivity index (χ2v) is 8.25. The number of hydrogen-bond donors (Lipinski definition) is 1. The molecule has 1 aliphatic carbocycles. The van der Waals surface area contributed by atoms with E-state index >= 15 is 0 Å². The molecule has 0 amide bonds. The summed E-state index contributed by atoms with van der Waals surface area (Å²) in [4.78, 5) is 4.22. The molecule has 2 aliphatic heterocycles. The third-order valence-corrected chi connectivity index (χ3v) is 6.46. The number of thioether (sulfide) groups is 1. The van der Waals surface area contributed by atoms with Gasteiger partial charge in [-0.3, -0.25) is 4.90 Å². The summed E-state index contributed by atoms with van der Waals surface area (Å²) in [5.41, 5.74) is 1.94. The first-order valence-corrected chi connectivity index (χ1v) is 8.83. The minimum absolute atomic E-state index is 0.383. The van der Waals surface area contributed by atoms with Gasteiger partial charge in [-0.25, -0.2) is 0 Å². The van der Waals surface area contributed by atoms with Gasteiger partial charge in [0.25, 0.3) is 0 Å². The van der Waals surface area contributed by atoms with E-state index in [9.17, 15) is 0 Å². The second-order valence-electron chi connectivity index (χ2n) is 6.91. The van der Waals surface area contributed by atoms with E-state index in [1.54, 1.807) is 5.56 Å². The molecule has 20 heavy (non-hydrogen) atoms. The Morgan fingerprint density at radius 1 is 1.35 bits per heavy atom. The Bertz CT molecular complexity index is 475. The van der Waals surface area contributed by atoms with E-state index in [2.05, 4.69) is 53.2 Å². The summed E-state index contributed by atoms with van der Waals surface area (Å²) in [5.74, 6) is 0.929. The summed E-state index contributed by atoms with van der Waals surface area (Å²) in [5, 5.41) is 4.54. The van der Waals surface area contributed by atoms with Gasteiger partial charge in [0.15, 0.2) is 0 Å². The van der Waals surface area contributed by atoms with Crippen molar-refractivity contribution in [3.63, 3.8) is 0 Å². The van der Waals surface area contributed by atoms with E-state index in [1.165, 1.54) is 43.8 Å². The lowest BCUT2D eigenvalue weighted by molar-refractivity contribution is 0.128. The van der Waals surface area contributed by atoms with Gasteiger partial charge in [0.2, 0.25) is 0 Å². The number of nitrogens with zero attached hydrogens (tertiary/aromatic N) is 1. The molecule has 108 valence electrons. The Labute approximate surface area is 126 Å². The zero-order chi connectivity index (χ0) is 13.6. The van der Waals surface area contributed by atoms with Crippen molar-refractivity contribution in [1.82, 2.24) is 10.2 Å². The van der Waals surface area contributed by atoms with Crippen LogP contribution < -0.4 is 5.32 Å². The lowest BCUT2D eigenvalue weighted by Crippen LogP contribution is -2.60. The number of hydrogen-bond acceptors (Lipinski definition) is 3. The van der Waals surface area contributed by atoms with E-state index in [-0.39, 0.29) is 0 Å². The van der Waals surface area contributed by atoms with Crippen molar-refractivity contribution in [2.75, 3.05) is 26.2 Å². The average Bonchev–Trinajstić information content (AvgIpc) is 3.21. The minimum atomic E-state index is 0.383. The predicted molar refractivity (Wildman–Crippen MR) is 85.4 cm³/mol. The van der Waals surface area contributed by atoms with E-state index in [4.69, 9.17) is 0 Å². The predicted octanol–water partition coefficient (Wildman–Crippen LogP) is 2.78. The number of benzene rings is 1. The first kappa shape index (κ1) is 13.2. The molecule has 2 atom stereocenters. The van der Waals surface area contributed by atoms with Crippen LogP contribution in [0.3, 0.4) is 0 Å². The molecule has 1 aromatic rings. The summed E-state index contributed by atoms with van der Waals surface area (Å²) in [6.07, 6.45) is 4.12. The van der Waals surface area contributed by atoms with Gasteiger partial charge in [0.1, 0.15) is 0 Å². The molecule has 2 heterocycles. The molecular formula is C17H24N2S. The summed E-state index contributed by atoms with van der Waals surface area (Å²) >= 11 is 2.09. The first-order valence-electron chi connectivity index (χ1n) is 7.95. The van der Waals surface area contributed by atoms with Crippen molar-refractivity contribution < 1.29 is 0 Å². The molecule has 2 fully saturated rings. The maximum atomic E-state index is 3.78. The van der Waals surface area contributed by atoms with Crippen molar-refractivity contribution in [2.45, 2.75) is 41.9 Å². The van der Waals surface area contributed by atoms with E-state index in [1.807, 2.05) is 0 Å². The van der Waals surface area contributed by atoms with Crippen LogP contribution in [0.25, 0.3) is 0 Å². The van der Waals surface area contributed by atoms with Gasteiger partial charge in [0.05, 0.1) is 0 Å². The Kier molecular flexibility index (Phi) is 3.32. The topological polar surface area (TPSA) is 15.3 Å². The van der Waals surface area contributed by atoms with Gasteiger partial charge in [0, 0.05) is 41.9 Å². The molecule has 3 aliphatic rings. The van der Waals surface area contributed by atoms with Crippen molar-refractivity contribution in [3.05, 3.63) is 29.8 Å². The number of rotatable bonds is 3. The Morgan fingerprint density at radius 3 is 3.00 bits per heavy atom. The van der Waals surface area contributed by atoms with Crippen LogP contribution in [0, 0.1) is 5.92 Å². The fourth-order valence-corrected chi connectivity index (χ4v) is 5.26. The van der Waals surface area contributed by atoms with E-state index < -0.39 is 0 Å². The van der Waals surface area contributed by atoms with Crippen LogP contribution in [0.5, 0.6) is 0 Å². The summed E-state index contributed by atoms with van der Waals surface area (Å²) in [7, 11) is 0. The molecule has 1 saturated heterocycles. The molecule has 2 unspecified atom stereocenters. The Hall–Kier alpha value is -0.510.